The molecule has 1 atom stereocenters. The Labute approximate surface area is 147 Å². The van der Waals surface area contributed by atoms with Crippen molar-refractivity contribution in [2.24, 2.45) is 5.92 Å². The summed E-state index contributed by atoms with van der Waals surface area (Å²) in [5, 5.41) is 0.836. The van der Waals surface area contributed by atoms with Crippen molar-refractivity contribution in [3.63, 3.8) is 0 Å². The van der Waals surface area contributed by atoms with Crippen molar-refractivity contribution in [1.29, 1.82) is 0 Å². The summed E-state index contributed by atoms with van der Waals surface area (Å²) in [6, 6.07) is 16.4. The molecule has 3 aromatic rings. The number of benzene rings is 2. The molecule has 0 aliphatic rings. The first kappa shape index (κ1) is 16.6. The minimum absolute atomic E-state index is 0.437. The third-order valence-corrected chi connectivity index (χ3v) is 4.55. The van der Waals surface area contributed by atoms with E-state index in [2.05, 4.69) is 27.8 Å². The van der Waals surface area contributed by atoms with Crippen molar-refractivity contribution < 1.29 is 4.74 Å². The lowest BCUT2D eigenvalue weighted by molar-refractivity contribution is 0.413. The van der Waals surface area contributed by atoms with Gasteiger partial charge in [0.1, 0.15) is 5.75 Å². The van der Waals surface area contributed by atoms with E-state index in [0.29, 0.717) is 5.92 Å². The number of hydrogen-bond acceptors (Lipinski definition) is 2. The molecule has 0 saturated heterocycles. The molecule has 3 rings (SSSR count). The Hall–Kier alpha value is -2.26. The maximum atomic E-state index is 6.36. The smallest absolute Gasteiger partial charge is 0.118 e. The number of aromatic nitrogens is 2. The van der Waals surface area contributed by atoms with Crippen LogP contribution in [0.4, 0.5) is 0 Å². The molecule has 4 heteroatoms. The first-order chi connectivity index (χ1) is 11.7. The van der Waals surface area contributed by atoms with Crippen LogP contribution in [0.5, 0.6) is 5.75 Å². The number of hydrogen-bond donors (Lipinski definition) is 0. The first-order valence-electron chi connectivity index (χ1n) is 8.06. The number of methoxy groups -OCH3 is 1. The molecule has 2 aromatic carbocycles. The van der Waals surface area contributed by atoms with Crippen LogP contribution in [0.15, 0.2) is 67.3 Å². The van der Waals surface area contributed by atoms with Crippen LogP contribution < -0.4 is 4.74 Å². The third kappa shape index (κ3) is 4.39. The van der Waals surface area contributed by atoms with Crippen LogP contribution in [0.2, 0.25) is 5.02 Å². The average Bonchev–Trinajstić information content (AvgIpc) is 3.10. The average molecular weight is 341 g/mol. The highest BCUT2D eigenvalue weighted by Crippen LogP contribution is 2.23. The molecule has 0 saturated carbocycles. The van der Waals surface area contributed by atoms with Crippen molar-refractivity contribution >= 4 is 11.6 Å². The van der Waals surface area contributed by atoms with Crippen molar-refractivity contribution in [1.82, 2.24) is 9.55 Å². The number of halogens is 1. The second-order valence-electron chi connectivity index (χ2n) is 5.97. The number of nitrogens with zero attached hydrogens (tertiary/aromatic N) is 2. The normalized spacial score (nSPS) is 12.1. The number of rotatable bonds is 7. The highest BCUT2D eigenvalue weighted by molar-refractivity contribution is 6.31. The van der Waals surface area contributed by atoms with Crippen LogP contribution in [0.1, 0.15) is 11.1 Å². The minimum atomic E-state index is 0.437. The van der Waals surface area contributed by atoms with Crippen LogP contribution in [0, 0.1) is 5.92 Å². The molecule has 0 fully saturated rings. The van der Waals surface area contributed by atoms with Gasteiger partial charge in [-0.25, -0.2) is 4.98 Å². The third-order valence-electron chi connectivity index (χ3n) is 4.18. The molecule has 1 heterocycles. The summed E-state index contributed by atoms with van der Waals surface area (Å²) in [4.78, 5) is 4.15. The molecule has 0 aliphatic carbocycles. The Morgan fingerprint density at radius 1 is 1.08 bits per heavy atom. The molecule has 1 aromatic heterocycles. The molecule has 0 bridgehead atoms. The summed E-state index contributed by atoms with van der Waals surface area (Å²) in [6.07, 6.45) is 7.61. The summed E-state index contributed by atoms with van der Waals surface area (Å²) in [5.41, 5.74) is 2.49. The van der Waals surface area contributed by atoms with Crippen molar-refractivity contribution in [2.45, 2.75) is 19.4 Å². The van der Waals surface area contributed by atoms with Crippen LogP contribution in [-0.4, -0.2) is 16.7 Å². The van der Waals surface area contributed by atoms with E-state index in [1.54, 1.807) is 7.11 Å². The molecule has 0 radical (unpaired) electrons. The van der Waals surface area contributed by atoms with Crippen LogP contribution >= 0.6 is 11.6 Å². The molecular formula is C20H21ClN2O. The van der Waals surface area contributed by atoms with Gasteiger partial charge in [-0.05, 0) is 48.1 Å². The van der Waals surface area contributed by atoms with Crippen molar-refractivity contribution in [3.05, 3.63) is 83.4 Å². The molecule has 1 unspecified atom stereocenters. The fourth-order valence-corrected chi connectivity index (χ4v) is 3.18. The van der Waals surface area contributed by atoms with Gasteiger partial charge in [-0.1, -0.05) is 41.9 Å². The van der Waals surface area contributed by atoms with Crippen LogP contribution in [0.3, 0.4) is 0 Å². The maximum Gasteiger partial charge on any atom is 0.118 e. The van der Waals surface area contributed by atoms with Gasteiger partial charge in [0, 0.05) is 24.0 Å². The Balaban J connectivity index is 1.77. The van der Waals surface area contributed by atoms with Gasteiger partial charge in [0.15, 0.2) is 0 Å². The van der Waals surface area contributed by atoms with Gasteiger partial charge >= 0.3 is 0 Å². The molecule has 3 nitrogen and oxygen atoms in total. The van der Waals surface area contributed by atoms with E-state index in [-0.39, 0.29) is 0 Å². The van der Waals surface area contributed by atoms with Crippen LogP contribution in [0.25, 0.3) is 0 Å². The van der Waals surface area contributed by atoms with E-state index in [1.807, 2.05) is 49.1 Å². The van der Waals surface area contributed by atoms with Gasteiger partial charge in [-0.15, -0.1) is 0 Å². The lowest BCUT2D eigenvalue weighted by atomic mass is 9.92. The zero-order valence-electron chi connectivity index (χ0n) is 13.7. The van der Waals surface area contributed by atoms with E-state index in [0.717, 1.165) is 30.2 Å². The maximum absolute atomic E-state index is 6.36. The van der Waals surface area contributed by atoms with Gasteiger partial charge in [0.2, 0.25) is 0 Å². The highest BCUT2D eigenvalue weighted by Gasteiger charge is 2.14. The largest absolute Gasteiger partial charge is 0.497 e. The Kier molecular flexibility index (Phi) is 5.55. The highest BCUT2D eigenvalue weighted by atomic mass is 35.5. The topological polar surface area (TPSA) is 27.1 Å². The minimum Gasteiger partial charge on any atom is -0.497 e. The first-order valence-corrected chi connectivity index (χ1v) is 8.44. The lowest BCUT2D eigenvalue weighted by Crippen LogP contribution is -2.15. The molecule has 124 valence electrons. The van der Waals surface area contributed by atoms with Crippen LogP contribution in [-0.2, 0) is 19.4 Å². The summed E-state index contributed by atoms with van der Waals surface area (Å²) in [7, 11) is 1.69. The summed E-state index contributed by atoms with van der Waals surface area (Å²) in [5.74, 6) is 1.32. The molecule has 0 amide bonds. The monoisotopic (exact) mass is 340 g/mol. The second-order valence-corrected chi connectivity index (χ2v) is 6.38. The quantitative estimate of drug-likeness (QED) is 0.626. The predicted octanol–water partition coefficient (Wildman–Crippen LogP) is 4.65. The van der Waals surface area contributed by atoms with E-state index in [1.165, 1.54) is 11.1 Å². The van der Waals surface area contributed by atoms with E-state index < -0.39 is 0 Å². The van der Waals surface area contributed by atoms with Gasteiger partial charge in [-0.3, -0.25) is 0 Å². The van der Waals surface area contributed by atoms with E-state index in [4.69, 9.17) is 16.3 Å². The molecular weight excluding hydrogens is 320 g/mol. The molecule has 0 spiro atoms. The zero-order chi connectivity index (χ0) is 16.8. The predicted molar refractivity (Wildman–Crippen MR) is 97.6 cm³/mol. The Bertz CT molecular complexity index is 754. The van der Waals surface area contributed by atoms with E-state index in [9.17, 15) is 0 Å². The van der Waals surface area contributed by atoms with Gasteiger partial charge in [-0.2, -0.15) is 0 Å². The van der Waals surface area contributed by atoms with Gasteiger partial charge in [0.05, 0.1) is 13.4 Å². The number of ether oxygens (including phenoxy) is 1. The zero-order valence-corrected chi connectivity index (χ0v) is 14.5. The Morgan fingerprint density at radius 2 is 1.88 bits per heavy atom. The molecule has 0 N–H and O–H groups in total. The summed E-state index contributed by atoms with van der Waals surface area (Å²) in [6.45, 7) is 0.914. The number of imidazole rings is 1. The van der Waals surface area contributed by atoms with E-state index >= 15 is 0 Å². The SMILES string of the molecule is COc1ccc(CC(Cc2ccccc2Cl)Cn2ccnc2)cc1. The van der Waals surface area contributed by atoms with Gasteiger partial charge in [0.25, 0.3) is 0 Å². The van der Waals surface area contributed by atoms with Crippen molar-refractivity contribution in [3.8, 4) is 5.75 Å². The lowest BCUT2D eigenvalue weighted by Gasteiger charge is -2.19. The second kappa shape index (κ2) is 8.02. The van der Waals surface area contributed by atoms with Gasteiger partial charge < -0.3 is 9.30 Å². The molecule has 24 heavy (non-hydrogen) atoms. The fraction of sp³-hybridized carbons (Fsp3) is 0.250. The Morgan fingerprint density at radius 3 is 2.54 bits per heavy atom. The summed E-state index contributed by atoms with van der Waals surface area (Å²) < 4.78 is 7.37. The fourth-order valence-electron chi connectivity index (χ4n) is 2.96. The van der Waals surface area contributed by atoms with Crippen molar-refractivity contribution in [2.75, 3.05) is 7.11 Å². The molecule has 0 aliphatic heterocycles. The standard InChI is InChI=1S/C20H21ClN2O/c1-24-19-8-6-16(7-9-19)12-17(14-23-11-10-22-15-23)13-18-4-2-3-5-20(18)21/h2-11,15,17H,12-14H2,1H3. The summed E-state index contributed by atoms with van der Waals surface area (Å²) >= 11 is 6.36.